The van der Waals surface area contributed by atoms with Crippen LogP contribution >= 0.6 is 0 Å². The number of imide groups is 2. The Morgan fingerprint density at radius 2 is 1.76 bits per heavy atom. The van der Waals surface area contributed by atoms with E-state index in [4.69, 9.17) is 4.74 Å². The highest BCUT2D eigenvalue weighted by atomic mass is 16.5. The Hall–Kier alpha value is -2.74. The van der Waals surface area contributed by atoms with Gasteiger partial charge in [0, 0.05) is 6.42 Å². The molecule has 0 aliphatic carbocycles. The van der Waals surface area contributed by atoms with E-state index in [9.17, 15) is 19.2 Å². The third kappa shape index (κ3) is 4.17. The molecular formula is C21H27N3O5. The van der Waals surface area contributed by atoms with Crippen LogP contribution in [0.25, 0.3) is 0 Å². The molecule has 0 aromatic heterocycles. The van der Waals surface area contributed by atoms with Crippen molar-refractivity contribution in [2.45, 2.75) is 45.6 Å². The third-order valence-electron chi connectivity index (χ3n) is 5.36. The van der Waals surface area contributed by atoms with Crippen molar-refractivity contribution in [1.82, 2.24) is 15.5 Å². The molecule has 0 spiro atoms. The van der Waals surface area contributed by atoms with Crippen LogP contribution in [-0.2, 0) is 9.59 Å². The van der Waals surface area contributed by atoms with Gasteiger partial charge in [-0.25, -0.2) is 0 Å². The number of hydrogen-bond donors (Lipinski definition) is 2. The van der Waals surface area contributed by atoms with Crippen molar-refractivity contribution in [2.75, 3.05) is 19.7 Å². The second-order valence-electron chi connectivity index (χ2n) is 7.13. The Morgan fingerprint density at radius 1 is 1.03 bits per heavy atom. The number of benzene rings is 1. The third-order valence-corrected chi connectivity index (χ3v) is 5.36. The summed E-state index contributed by atoms with van der Waals surface area (Å²) < 4.78 is 5.90. The number of piperidine rings is 2. The summed E-state index contributed by atoms with van der Waals surface area (Å²) in [6, 6.07) is 3.96. The maximum Gasteiger partial charge on any atom is 0.266 e. The number of nitrogens with one attached hydrogen (secondary N) is 2. The topological polar surface area (TPSA) is 105 Å². The van der Waals surface area contributed by atoms with Crippen molar-refractivity contribution in [1.29, 1.82) is 0 Å². The number of ether oxygens (including phenoxy) is 1. The Kier molecular flexibility index (Phi) is 6.64. The minimum absolute atomic E-state index is 0.100. The van der Waals surface area contributed by atoms with Gasteiger partial charge in [-0.15, -0.1) is 0 Å². The molecule has 0 saturated carbocycles. The van der Waals surface area contributed by atoms with Crippen molar-refractivity contribution in [3.8, 4) is 5.75 Å². The summed E-state index contributed by atoms with van der Waals surface area (Å²) in [5.74, 6) is -1.28. The summed E-state index contributed by atoms with van der Waals surface area (Å²) in [4.78, 5) is 50.2. The predicted molar refractivity (Wildman–Crippen MR) is 106 cm³/mol. The molecule has 29 heavy (non-hydrogen) atoms. The lowest BCUT2D eigenvalue weighted by atomic mass is 9.99. The van der Waals surface area contributed by atoms with Crippen LogP contribution in [0, 0.1) is 5.92 Å². The summed E-state index contributed by atoms with van der Waals surface area (Å²) in [6.07, 6.45) is 2.25. The highest BCUT2D eigenvalue weighted by Gasteiger charge is 2.46. The van der Waals surface area contributed by atoms with Gasteiger partial charge in [0.25, 0.3) is 11.8 Å². The van der Waals surface area contributed by atoms with E-state index in [2.05, 4.69) is 10.6 Å². The van der Waals surface area contributed by atoms with Crippen molar-refractivity contribution >= 4 is 23.6 Å². The molecule has 8 nitrogen and oxygen atoms in total. The molecule has 2 fully saturated rings. The molecule has 8 heteroatoms. The minimum Gasteiger partial charge on any atom is -0.492 e. The first-order valence-corrected chi connectivity index (χ1v) is 10.2. The van der Waals surface area contributed by atoms with E-state index >= 15 is 0 Å². The summed E-state index contributed by atoms with van der Waals surface area (Å²) in [6.45, 7) is 6.38. The molecule has 1 aromatic rings. The van der Waals surface area contributed by atoms with E-state index < -0.39 is 23.8 Å². The summed E-state index contributed by atoms with van der Waals surface area (Å²) in [7, 11) is 0. The van der Waals surface area contributed by atoms with Gasteiger partial charge in [-0.1, -0.05) is 19.9 Å². The number of fused-ring (bicyclic) bond motifs is 1. The highest BCUT2D eigenvalue weighted by molar-refractivity contribution is 6.24. The van der Waals surface area contributed by atoms with Crippen molar-refractivity contribution in [3.63, 3.8) is 0 Å². The van der Waals surface area contributed by atoms with Crippen LogP contribution in [-0.4, -0.2) is 54.3 Å². The Balaban J connectivity index is 0.00000117. The van der Waals surface area contributed by atoms with Gasteiger partial charge in [0.05, 0.1) is 17.7 Å². The molecule has 0 radical (unpaired) electrons. The summed E-state index contributed by atoms with van der Waals surface area (Å²) in [5.41, 5.74) is 0.452. The summed E-state index contributed by atoms with van der Waals surface area (Å²) >= 11 is 0. The fraction of sp³-hybridized carbons (Fsp3) is 0.524. The Bertz CT molecular complexity index is 817. The molecule has 2 saturated heterocycles. The molecule has 3 aliphatic heterocycles. The summed E-state index contributed by atoms with van der Waals surface area (Å²) in [5, 5.41) is 5.49. The average molecular weight is 401 g/mol. The maximum absolute atomic E-state index is 13.0. The minimum atomic E-state index is -0.965. The lowest BCUT2D eigenvalue weighted by Gasteiger charge is -2.27. The number of carbonyl (C=O) groups is 4. The van der Waals surface area contributed by atoms with Crippen LogP contribution in [0.15, 0.2) is 18.2 Å². The number of nitrogens with zero attached hydrogens (tertiary/aromatic N) is 1. The molecule has 156 valence electrons. The highest BCUT2D eigenvalue weighted by Crippen LogP contribution is 2.34. The van der Waals surface area contributed by atoms with E-state index in [0.29, 0.717) is 18.3 Å². The first-order chi connectivity index (χ1) is 14.1. The van der Waals surface area contributed by atoms with Crippen LogP contribution in [0.5, 0.6) is 5.75 Å². The fourth-order valence-electron chi connectivity index (χ4n) is 3.86. The number of rotatable bonds is 4. The van der Waals surface area contributed by atoms with Gasteiger partial charge in [0.2, 0.25) is 11.8 Å². The normalized spacial score (nSPS) is 22.0. The lowest BCUT2D eigenvalue weighted by Crippen LogP contribution is -2.54. The van der Waals surface area contributed by atoms with Gasteiger partial charge in [-0.3, -0.25) is 29.4 Å². The molecule has 0 bridgehead atoms. The number of hydrogen-bond acceptors (Lipinski definition) is 6. The SMILES string of the molecule is CC.O=C1CCC(N2C(=O)c3cccc(OCC4CCNCC4)c3C2=O)C(=O)N1. The van der Waals surface area contributed by atoms with Crippen molar-refractivity contribution in [3.05, 3.63) is 29.3 Å². The average Bonchev–Trinajstić information content (AvgIpc) is 3.00. The molecule has 1 aromatic carbocycles. The zero-order valence-corrected chi connectivity index (χ0v) is 16.8. The van der Waals surface area contributed by atoms with Gasteiger partial charge >= 0.3 is 0 Å². The van der Waals surface area contributed by atoms with Crippen LogP contribution in [0.1, 0.15) is 60.2 Å². The van der Waals surface area contributed by atoms with E-state index in [1.54, 1.807) is 18.2 Å². The predicted octanol–water partition coefficient (Wildman–Crippen LogP) is 1.49. The zero-order valence-electron chi connectivity index (χ0n) is 16.8. The fourth-order valence-corrected chi connectivity index (χ4v) is 3.86. The second-order valence-corrected chi connectivity index (χ2v) is 7.13. The smallest absolute Gasteiger partial charge is 0.266 e. The van der Waals surface area contributed by atoms with Crippen LogP contribution < -0.4 is 15.4 Å². The largest absolute Gasteiger partial charge is 0.492 e. The monoisotopic (exact) mass is 401 g/mol. The number of carbonyl (C=O) groups excluding carboxylic acids is 4. The molecule has 1 unspecified atom stereocenters. The molecule has 2 N–H and O–H groups in total. The molecule has 4 amide bonds. The van der Waals surface area contributed by atoms with Gasteiger partial charge < -0.3 is 10.1 Å². The molecule has 3 heterocycles. The van der Waals surface area contributed by atoms with E-state index in [1.807, 2.05) is 13.8 Å². The second kappa shape index (κ2) is 9.17. The van der Waals surface area contributed by atoms with E-state index in [-0.39, 0.29) is 29.9 Å². The van der Waals surface area contributed by atoms with E-state index in [0.717, 1.165) is 30.8 Å². The Morgan fingerprint density at radius 3 is 2.45 bits per heavy atom. The quantitative estimate of drug-likeness (QED) is 0.741. The van der Waals surface area contributed by atoms with Gasteiger partial charge in [0.1, 0.15) is 11.8 Å². The molecule has 1 atom stereocenters. The Labute approximate surface area is 170 Å². The van der Waals surface area contributed by atoms with Gasteiger partial charge in [-0.05, 0) is 50.4 Å². The van der Waals surface area contributed by atoms with Gasteiger partial charge in [0.15, 0.2) is 0 Å². The van der Waals surface area contributed by atoms with Gasteiger partial charge in [-0.2, -0.15) is 0 Å². The standard InChI is InChI=1S/C19H21N3O5.C2H6/c23-15-5-4-13(17(24)21-15)22-18(25)12-2-1-3-14(16(12)19(22)26)27-10-11-6-8-20-9-7-11;1-2/h1-3,11,13,20H,4-10H2,(H,21,23,24);1-2H3. The molecule has 3 aliphatic rings. The lowest BCUT2D eigenvalue weighted by molar-refractivity contribution is -0.136. The number of amides is 4. The van der Waals surface area contributed by atoms with E-state index in [1.165, 1.54) is 0 Å². The first-order valence-electron chi connectivity index (χ1n) is 10.2. The van der Waals surface area contributed by atoms with Crippen LogP contribution in [0.3, 0.4) is 0 Å². The van der Waals surface area contributed by atoms with Crippen molar-refractivity contribution in [2.24, 2.45) is 5.92 Å². The van der Waals surface area contributed by atoms with Crippen LogP contribution in [0.4, 0.5) is 0 Å². The maximum atomic E-state index is 13.0. The van der Waals surface area contributed by atoms with Crippen molar-refractivity contribution < 1.29 is 23.9 Å². The molecule has 4 rings (SSSR count). The first kappa shape index (κ1) is 21.0. The molecular weight excluding hydrogens is 374 g/mol. The van der Waals surface area contributed by atoms with Crippen LogP contribution in [0.2, 0.25) is 0 Å². The zero-order chi connectivity index (χ0) is 21.0.